The van der Waals surface area contributed by atoms with E-state index >= 15 is 0 Å². The van der Waals surface area contributed by atoms with Gasteiger partial charge in [0.1, 0.15) is 11.8 Å². The first-order valence-electron chi connectivity index (χ1n) is 9.47. The lowest BCUT2D eigenvalue weighted by Gasteiger charge is -2.36. The Morgan fingerprint density at radius 3 is 2.89 bits per heavy atom. The van der Waals surface area contributed by atoms with E-state index in [-0.39, 0.29) is 24.9 Å². The lowest BCUT2D eigenvalue weighted by atomic mass is 9.95. The van der Waals surface area contributed by atoms with Gasteiger partial charge >= 0.3 is 6.03 Å². The first-order chi connectivity index (χ1) is 13.6. The van der Waals surface area contributed by atoms with Crippen molar-refractivity contribution < 1.29 is 18.8 Å². The maximum atomic E-state index is 13.0. The highest BCUT2D eigenvalue weighted by atomic mass is 16.3. The van der Waals surface area contributed by atoms with Crippen molar-refractivity contribution >= 4 is 17.8 Å². The second kappa shape index (κ2) is 7.84. The Morgan fingerprint density at radius 1 is 1.25 bits per heavy atom. The minimum absolute atomic E-state index is 0.0404. The number of carbonyl (C=O) groups excluding carboxylic acids is 3. The van der Waals surface area contributed by atoms with E-state index < -0.39 is 18.0 Å². The molecule has 4 heterocycles. The molecule has 146 valence electrons. The molecule has 2 aromatic heterocycles. The monoisotopic (exact) mass is 382 g/mol. The fourth-order valence-electron chi connectivity index (χ4n) is 3.86. The normalized spacial score (nSPS) is 22.4. The maximum Gasteiger partial charge on any atom is 0.325 e. The zero-order chi connectivity index (χ0) is 19.5. The zero-order valence-electron chi connectivity index (χ0n) is 15.4. The minimum atomic E-state index is -0.841. The average Bonchev–Trinajstić information content (AvgIpc) is 3.33. The van der Waals surface area contributed by atoms with Crippen LogP contribution < -0.4 is 5.32 Å². The Kier molecular flexibility index (Phi) is 5.10. The highest BCUT2D eigenvalue weighted by Gasteiger charge is 2.41. The second-order valence-corrected chi connectivity index (χ2v) is 7.10. The van der Waals surface area contributed by atoms with Crippen molar-refractivity contribution in [1.82, 2.24) is 20.1 Å². The van der Waals surface area contributed by atoms with Crippen LogP contribution in [0.5, 0.6) is 0 Å². The van der Waals surface area contributed by atoms with Gasteiger partial charge < -0.3 is 14.6 Å². The van der Waals surface area contributed by atoms with Crippen LogP contribution in [0.25, 0.3) is 0 Å². The van der Waals surface area contributed by atoms with Gasteiger partial charge in [0, 0.05) is 18.9 Å². The van der Waals surface area contributed by atoms with E-state index in [1.54, 1.807) is 24.5 Å². The molecule has 0 saturated carbocycles. The molecule has 2 aliphatic rings. The van der Waals surface area contributed by atoms with Gasteiger partial charge in [-0.1, -0.05) is 6.07 Å². The van der Waals surface area contributed by atoms with E-state index in [9.17, 15) is 14.4 Å². The summed E-state index contributed by atoms with van der Waals surface area (Å²) < 4.78 is 5.21. The number of aromatic nitrogens is 1. The number of nitrogens with one attached hydrogen (secondary N) is 1. The number of imide groups is 1. The molecule has 0 aliphatic carbocycles. The van der Waals surface area contributed by atoms with E-state index in [4.69, 9.17) is 4.42 Å². The Bertz CT molecular complexity index is 852. The topological polar surface area (TPSA) is 95.8 Å². The molecule has 0 radical (unpaired) electrons. The van der Waals surface area contributed by atoms with Crippen molar-refractivity contribution in [2.45, 2.75) is 44.3 Å². The predicted molar refractivity (Wildman–Crippen MR) is 98.7 cm³/mol. The molecule has 2 aromatic rings. The van der Waals surface area contributed by atoms with Gasteiger partial charge in [-0.25, -0.2) is 4.79 Å². The summed E-state index contributed by atoms with van der Waals surface area (Å²) in [5.41, 5.74) is 0.997. The molecule has 2 fully saturated rings. The number of carbonyl (C=O) groups is 3. The van der Waals surface area contributed by atoms with Crippen LogP contribution in [-0.4, -0.2) is 45.2 Å². The number of pyridine rings is 1. The molecule has 28 heavy (non-hydrogen) atoms. The van der Waals surface area contributed by atoms with E-state index in [1.165, 1.54) is 6.26 Å². The number of furan rings is 1. The van der Waals surface area contributed by atoms with Gasteiger partial charge in [-0.3, -0.25) is 19.5 Å². The van der Waals surface area contributed by atoms with Crippen LogP contribution in [0, 0.1) is 0 Å². The molecule has 1 N–H and O–H groups in total. The van der Waals surface area contributed by atoms with Crippen LogP contribution >= 0.6 is 0 Å². The minimum Gasteiger partial charge on any atom is -0.467 e. The molecule has 0 spiro atoms. The Labute approximate surface area is 162 Å². The summed E-state index contributed by atoms with van der Waals surface area (Å²) in [6.45, 7) is 0.702. The van der Waals surface area contributed by atoms with Crippen molar-refractivity contribution in [1.29, 1.82) is 0 Å². The number of amides is 4. The van der Waals surface area contributed by atoms with Gasteiger partial charge in [0.05, 0.1) is 25.3 Å². The summed E-state index contributed by atoms with van der Waals surface area (Å²) in [6.07, 6.45) is 7.77. The summed E-state index contributed by atoms with van der Waals surface area (Å²) in [5, 5.41) is 2.63. The number of urea groups is 1. The molecule has 4 rings (SSSR count). The first-order valence-corrected chi connectivity index (χ1v) is 9.47. The Morgan fingerprint density at radius 2 is 2.14 bits per heavy atom. The summed E-state index contributed by atoms with van der Waals surface area (Å²) in [6, 6.07) is 5.85. The predicted octanol–water partition coefficient (Wildman–Crippen LogP) is 2.24. The molecule has 2 saturated heterocycles. The molecule has 2 aliphatic heterocycles. The highest BCUT2D eigenvalue weighted by Crippen LogP contribution is 2.31. The number of piperidine rings is 1. The number of hydrogen-bond acceptors (Lipinski definition) is 5. The second-order valence-electron chi connectivity index (χ2n) is 7.10. The van der Waals surface area contributed by atoms with Crippen LogP contribution in [0.3, 0.4) is 0 Å². The van der Waals surface area contributed by atoms with E-state index in [2.05, 4.69) is 10.3 Å². The fourth-order valence-corrected chi connectivity index (χ4v) is 3.86. The van der Waals surface area contributed by atoms with Crippen LogP contribution in [0.15, 0.2) is 47.3 Å². The summed E-state index contributed by atoms with van der Waals surface area (Å²) in [4.78, 5) is 44.9. The third-order valence-corrected chi connectivity index (χ3v) is 5.27. The first kappa shape index (κ1) is 18.2. The largest absolute Gasteiger partial charge is 0.467 e. The van der Waals surface area contributed by atoms with Crippen molar-refractivity contribution in [2.75, 3.05) is 6.54 Å². The molecular formula is C20H22N4O4. The highest BCUT2D eigenvalue weighted by molar-refractivity contribution is 6.05. The maximum absolute atomic E-state index is 13.0. The molecule has 4 amide bonds. The smallest absolute Gasteiger partial charge is 0.325 e. The van der Waals surface area contributed by atoms with Gasteiger partial charge in [0.25, 0.3) is 5.91 Å². The van der Waals surface area contributed by atoms with Gasteiger partial charge in [0.15, 0.2) is 0 Å². The average molecular weight is 382 g/mol. The Hall–Kier alpha value is -3.16. The van der Waals surface area contributed by atoms with Gasteiger partial charge in [0.2, 0.25) is 5.91 Å². The quantitative estimate of drug-likeness (QED) is 0.800. The third-order valence-electron chi connectivity index (χ3n) is 5.27. The number of rotatable bonds is 5. The van der Waals surface area contributed by atoms with Crippen LogP contribution in [0.4, 0.5) is 4.79 Å². The molecule has 0 unspecified atom stereocenters. The molecule has 8 nitrogen and oxygen atoms in total. The van der Waals surface area contributed by atoms with Crippen LogP contribution in [0.1, 0.15) is 43.0 Å². The molecule has 2 atom stereocenters. The van der Waals surface area contributed by atoms with Crippen LogP contribution in [0.2, 0.25) is 0 Å². The van der Waals surface area contributed by atoms with Crippen molar-refractivity contribution in [3.05, 3.63) is 54.2 Å². The number of hydrogen-bond donors (Lipinski definition) is 1. The SMILES string of the molecule is O=C1N[C@H](CC(=O)N2CCCC[C@H]2c2cccnc2)C(=O)N1Cc1ccco1. The lowest BCUT2D eigenvalue weighted by Crippen LogP contribution is -2.42. The molecule has 0 aromatic carbocycles. The number of likely N-dealkylation sites (tertiary alicyclic amines) is 1. The van der Waals surface area contributed by atoms with E-state index in [0.717, 1.165) is 29.7 Å². The van der Waals surface area contributed by atoms with Gasteiger partial charge in [-0.2, -0.15) is 0 Å². The summed E-state index contributed by atoms with van der Waals surface area (Å²) >= 11 is 0. The standard InChI is InChI=1S/C20H22N4O4/c25-18(23-9-2-1-7-17(23)14-5-3-8-21-12-14)11-16-19(26)24(20(27)22-16)13-15-6-4-10-28-15/h3-6,8,10,12,16-17H,1-2,7,9,11,13H2,(H,22,27)/t16-,17+/m1/s1. The van der Waals surface area contributed by atoms with E-state index in [1.807, 2.05) is 17.0 Å². The summed E-state index contributed by atoms with van der Waals surface area (Å²) in [5.74, 6) is -0.0140. The van der Waals surface area contributed by atoms with Gasteiger partial charge in [-0.15, -0.1) is 0 Å². The zero-order valence-corrected chi connectivity index (χ0v) is 15.4. The third kappa shape index (κ3) is 3.62. The lowest BCUT2D eigenvalue weighted by molar-refractivity contribution is -0.138. The summed E-state index contributed by atoms with van der Waals surface area (Å²) in [7, 11) is 0. The molecule has 8 heteroatoms. The molecular weight excluding hydrogens is 360 g/mol. The van der Waals surface area contributed by atoms with Crippen molar-refractivity contribution in [3.8, 4) is 0 Å². The van der Waals surface area contributed by atoms with Crippen LogP contribution in [-0.2, 0) is 16.1 Å². The number of nitrogens with zero attached hydrogens (tertiary/aromatic N) is 3. The van der Waals surface area contributed by atoms with Crippen molar-refractivity contribution in [3.63, 3.8) is 0 Å². The van der Waals surface area contributed by atoms with Gasteiger partial charge in [-0.05, 0) is 43.0 Å². The van der Waals surface area contributed by atoms with Crippen molar-refractivity contribution in [2.24, 2.45) is 0 Å². The Balaban J connectivity index is 1.44. The fraction of sp³-hybridized carbons (Fsp3) is 0.400. The van der Waals surface area contributed by atoms with E-state index in [0.29, 0.717) is 12.3 Å². The molecule has 0 bridgehead atoms.